The largest absolute Gasteiger partial charge is 0.479 e. The number of aliphatic carboxylic acids is 1. The number of ether oxygens (including phenoxy) is 11. The Morgan fingerprint density at radius 3 is 1.70 bits per heavy atom. The van der Waals surface area contributed by atoms with E-state index in [9.17, 15) is 80.5 Å². The van der Waals surface area contributed by atoms with E-state index in [2.05, 4.69) is 26.8 Å². The van der Waals surface area contributed by atoms with Gasteiger partial charge in [-0.3, -0.25) is 4.79 Å². The lowest BCUT2D eigenvalue weighted by Gasteiger charge is -2.72. The second kappa shape index (κ2) is 27.0. The molecule has 27 heteroatoms. The van der Waals surface area contributed by atoms with E-state index in [4.69, 9.17) is 52.1 Å². The van der Waals surface area contributed by atoms with Crippen LogP contribution in [0.5, 0.6) is 0 Å². The number of carbonyl (C=O) groups excluding carboxylic acids is 3. The van der Waals surface area contributed by atoms with Gasteiger partial charge in [-0.1, -0.05) is 72.3 Å². The first kappa shape index (κ1) is 72.6. The van der Waals surface area contributed by atoms with Gasteiger partial charge < -0.3 is 113 Å². The van der Waals surface area contributed by atoms with Crippen molar-refractivity contribution in [2.75, 3.05) is 19.8 Å². The van der Waals surface area contributed by atoms with Crippen LogP contribution in [0.4, 0.5) is 0 Å². The van der Waals surface area contributed by atoms with Crippen molar-refractivity contribution >= 4 is 23.9 Å². The lowest BCUT2D eigenvalue weighted by atomic mass is 9.33. The standard InChI is InChI=1S/C65H100O27/c1-14-27(3)54(80)87-46-29(5)82-58(45(77)48(46)88-55(81)28(4)15-2)92-51-52(83-30(6)69)65(26-68)32(22-60(51,7)8)31-16-17-36-62(11)20-19-38(61(9,10)35(62)18-21-63(36,12)64(31,13)23-37(65)70)86-59-50(91-57-43(75)41(73)39(71)33(24-66)84-57)47(44(76)49(90-59)53(78)79)89-56-42(74)40(72)34(25-67)85-56/h14-16,29,32-52,56-59,66-68,70-77H,17-26H2,1-13H3,(H,78,79)/b27-14-,28-15-/t29?,32?,33?,34-,35?,36?,37+,38-,39-,40?,41?,42-,43-,44-,45-,46-,47?,48?,49?,50-,51-,52-,56-,57-,58-,59+,62-,63+,64+,65-/m0/s1. The predicted molar refractivity (Wildman–Crippen MR) is 316 cm³/mol. The van der Waals surface area contributed by atoms with Gasteiger partial charge in [0.1, 0.15) is 79.4 Å². The molecule has 0 aromatic heterocycles. The van der Waals surface area contributed by atoms with Crippen molar-refractivity contribution < 1.29 is 133 Å². The van der Waals surface area contributed by atoms with Crippen LogP contribution >= 0.6 is 0 Å². The molecule has 5 aliphatic carbocycles. The molecule has 9 aliphatic rings. The Hall–Kier alpha value is -3.66. The number of carbonyl (C=O) groups is 4. The van der Waals surface area contributed by atoms with Crippen LogP contribution in [0.15, 0.2) is 34.9 Å². The molecule has 30 atom stereocenters. The Kier molecular flexibility index (Phi) is 21.3. The third-order valence-corrected chi connectivity index (χ3v) is 23.6. The van der Waals surface area contributed by atoms with Crippen molar-refractivity contribution in [3.8, 4) is 0 Å². The van der Waals surface area contributed by atoms with Crippen LogP contribution in [-0.2, 0) is 71.3 Å². The number of esters is 3. The van der Waals surface area contributed by atoms with Crippen molar-refractivity contribution in [3.05, 3.63) is 34.9 Å². The van der Waals surface area contributed by atoms with E-state index in [0.717, 1.165) is 5.57 Å². The summed E-state index contributed by atoms with van der Waals surface area (Å²) in [4.78, 5) is 53.0. The first-order valence-electron chi connectivity index (χ1n) is 32.3. The summed E-state index contributed by atoms with van der Waals surface area (Å²) in [6.45, 7) is 21.5. The summed E-state index contributed by atoms with van der Waals surface area (Å²) in [5.41, 5.74) is -3.55. The number of allylic oxidation sites excluding steroid dienone is 4. The summed E-state index contributed by atoms with van der Waals surface area (Å²) in [7, 11) is 0. The topological polar surface area (TPSA) is 413 Å². The SMILES string of the molecule is C/C=C(/C)C(=O)OC1[C@@H](OC(=O)/C(C)=C\C)C(C)O[C@@H](O[C@H]2[C@H](OC(C)=O)[C@@]3(CO)C(CC2(C)C)C2=CCC4[C@@]5(C)CC[C@H](O[C@@H]6OC(C(=O)O)[C@@H](O)C(O[C@@H]7O[C@@H](CO)C(O)[C@@H]7O)[C@@H]6O[C@@H]6OC(CO)[C@H](O)C(O)[C@@H]6O)C(C)(C)C5CC[C@@]4(C)[C@]2(C)C[C@H]3O)[C@H]1O. The average molecular weight is 1310 g/mol. The van der Waals surface area contributed by atoms with Gasteiger partial charge in [0.25, 0.3) is 0 Å². The summed E-state index contributed by atoms with van der Waals surface area (Å²) in [5.74, 6) is -4.65. The molecule has 92 heavy (non-hydrogen) atoms. The molecule has 0 aromatic carbocycles. The molecular weight excluding hydrogens is 1210 g/mol. The van der Waals surface area contributed by atoms with Crippen molar-refractivity contribution in [3.63, 3.8) is 0 Å². The third kappa shape index (κ3) is 12.2. The van der Waals surface area contributed by atoms with Crippen LogP contribution in [0.25, 0.3) is 0 Å². The molecule has 4 saturated carbocycles. The van der Waals surface area contributed by atoms with Crippen molar-refractivity contribution in [2.24, 2.45) is 50.2 Å². The molecule has 12 N–H and O–H groups in total. The van der Waals surface area contributed by atoms with E-state index in [0.29, 0.717) is 32.1 Å². The second-order valence-corrected chi connectivity index (χ2v) is 29.3. The Bertz CT molecular complexity index is 2790. The summed E-state index contributed by atoms with van der Waals surface area (Å²) in [5, 5.41) is 134. The van der Waals surface area contributed by atoms with Crippen LogP contribution < -0.4 is 0 Å². The fraction of sp³-hybridized carbons (Fsp3) is 0.846. The maximum atomic E-state index is 13.5. The minimum atomic E-state index is -2.13. The number of hydrogen-bond donors (Lipinski definition) is 12. The maximum Gasteiger partial charge on any atom is 0.335 e. The van der Waals surface area contributed by atoms with Crippen LogP contribution in [0.3, 0.4) is 0 Å². The summed E-state index contributed by atoms with van der Waals surface area (Å²) >= 11 is 0. The maximum absolute atomic E-state index is 13.5. The second-order valence-electron chi connectivity index (χ2n) is 29.3. The molecule has 10 unspecified atom stereocenters. The van der Waals surface area contributed by atoms with Gasteiger partial charge in [0.05, 0.1) is 43.5 Å². The molecule has 4 saturated heterocycles. The molecular formula is C65H100O27. The van der Waals surface area contributed by atoms with Crippen LogP contribution in [0.2, 0.25) is 0 Å². The number of hydrogen-bond acceptors (Lipinski definition) is 26. The molecule has 0 spiro atoms. The third-order valence-electron chi connectivity index (χ3n) is 23.6. The lowest BCUT2D eigenvalue weighted by molar-refractivity contribution is -0.386. The highest BCUT2D eigenvalue weighted by molar-refractivity contribution is 5.88. The van der Waals surface area contributed by atoms with Crippen molar-refractivity contribution in [1.29, 1.82) is 0 Å². The number of fused-ring (bicyclic) bond motifs is 7. The van der Waals surface area contributed by atoms with Crippen molar-refractivity contribution in [2.45, 2.75) is 276 Å². The average Bonchev–Trinajstić information content (AvgIpc) is 0.719. The minimum absolute atomic E-state index is 0.0439. The van der Waals surface area contributed by atoms with Gasteiger partial charge in [0, 0.05) is 18.1 Å². The van der Waals surface area contributed by atoms with E-state index in [1.807, 2.05) is 27.7 Å². The number of rotatable bonds is 17. The number of aliphatic hydroxyl groups is 11. The molecule has 9 rings (SSSR count). The first-order chi connectivity index (χ1) is 43.0. The van der Waals surface area contributed by atoms with Gasteiger partial charge in [-0.2, -0.15) is 0 Å². The Labute approximate surface area is 535 Å². The normalized spacial score (nSPS) is 48.4. The Morgan fingerprint density at radius 2 is 1.14 bits per heavy atom. The predicted octanol–water partition coefficient (Wildman–Crippen LogP) is 0.715. The van der Waals surface area contributed by atoms with Gasteiger partial charge in [0.2, 0.25) is 0 Å². The van der Waals surface area contributed by atoms with Gasteiger partial charge in [-0.25, -0.2) is 14.4 Å². The summed E-state index contributed by atoms with van der Waals surface area (Å²) in [6, 6.07) is 0. The van der Waals surface area contributed by atoms with Crippen LogP contribution in [0.1, 0.15) is 135 Å². The van der Waals surface area contributed by atoms with E-state index in [1.54, 1.807) is 33.8 Å². The fourth-order valence-corrected chi connectivity index (χ4v) is 17.9. The summed E-state index contributed by atoms with van der Waals surface area (Å²) in [6.07, 6.45) is -28.8. The number of carboxylic acids is 1. The van der Waals surface area contributed by atoms with Gasteiger partial charge >= 0.3 is 23.9 Å². The van der Waals surface area contributed by atoms with Crippen LogP contribution in [-0.4, -0.2) is 246 Å². The smallest absolute Gasteiger partial charge is 0.335 e. The van der Waals surface area contributed by atoms with Crippen LogP contribution in [0, 0.1) is 50.2 Å². The van der Waals surface area contributed by atoms with Gasteiger partial charge in [-0.05, 0) is 124 Å². The molecule has 0 amide bonds. The quantitative estimate of drug-likeness (QED) is 0.0314. The summed E-state index contributed by atoms with van der Waals surface area (Å²) < 4.78 is 67.8. The molecule has 0 bridgehead atoms. The zero-order valence-electron chi connectivity index (χ0n) is 54.8. The number of carboxylic acid groups (broad SMARTS) is 1. The molecule has 522 valence electrons. The highest BCUT2D eigenvalue weighted by atomic mass is 16.8. The lowest BCUT2D eigenvalue weighted by Crippen LogP contribution is -2.73. The minimum Gasteiger partial charge on any atom is -0.479 e. The fourth-order valence-electron chi connectivity index (χ4n) is 17.9. The van der Waals surface area contributed by atoms with E-state index in [1.165, 1.54) is 19.9 Å². The van der Waals surface area contributed by atoms with E-state index >= 15 is 0 Å². The molecule has 0 aromatic rings. The van der Waals surface area contributed by atoms with Gasteiger partial charge in [0.15, 0.2) is 43.5 Å². The highest BCUT2D eigenvalue weighted by Gasteiger charge is 2.74. The Balaban J connectivity index is 1.01. The number of aliphatic hydroxyl groups excluding tert-OH is 11. The first-order valence-corrected chi connectivity index (χ1v) is 32.3. The van der Waals surface area contributed by atoms with Crippen molar-refractivity contribution in [1.82, 2.24) is 0 Å². The molecule has 0 radical (unpaired) electrons. The zero-order chi connectivity index (χ0) is 68.0. The Morgan fingerprint density at radius 1 is 0.587 bits per heavy atom. The van der Waals surface area contributed by atoms with E-state index < -0.39 is 223 Å². The van der Waals surface area contributed by atoms with E-state index in [-0.39, 0.29) is 35.8 Å². The highest BCUT2D eigenvalue weighted by Crippen LogP contribution is 2.76. The molecule has 8 fully saturated rings. The monoisotopic (exact) mass is 1310 g/mol. The molecule has 27 nitrogen and oxygen atoms in total. The molecule has 4 aliphatic heterocycles. The van der Waals surface area contributed by atoms with Gasteiger partial charge in [-0.15, -0.1) is 0 Å². The molecule has 4 heterocycles. The zero-order valence-corrected chi connectivity index (χ0v) is 54.8.